The fourth-order valence-corrected chi connectivity index (χ4v) is 1.51. The summed E-state index contributed by atoms with van der Waals surface area (Å²) in [5.74, 6) is 1.63. The number of nitrogens with zero attached hydrogens (tertiary/aromatic N) is 2. The van der Waals surface area contributed by atoms with Gasteiger partial charge in [0.25, 0.3) is 0 Å². The number of rotatable bonds is 5. The molecule has 0 aliphatic rings. The molecule has 5 heteroatoms. The third-order valence-corrected chi connectivity index (χ3v) is 3.39. The number of aliphatic hydroxyl groups is 1. The lowest BCUT2D eigenvalue weighted by Gasteiger charge is -2.23. The summed E-state index contributed by atoms with van der Waals surface area (Å²) in [4.78, 5) is 8.70. The number of anilines is 1. The number of halogens is 1. The third kappa shape index (κ3) is 3.82. The molecule has 1 rings (SSSR count). The van der Waals surface area contributed by atoms with Crippen LogP contribution in [0.4, 0.5) is 5.82 Å². The monoisotopic (exact) mass is 271 g/mol. The maximum absolute atomic E-state index is 9.98. The Morgan fingerprint density at radius 2 is 2.00 bits per heavy atom. The van der Waals surface area contributed by atoms with Crippen LogP contribution in [-0.4, -0.2) is 27.2 Å². The molecule has 1 aromatic rings. The Morgan fingerprint density at radius 1 is 1.39 bits per heavy atom. The van der Waals surface area contributed by atoms with Crippen LogP contribution in [0.3, 0.4) is 0 Å². The van der Waals surface area contributed by atoms with Crippen molar-refractivity contribution in [1.82, 2.24) is 9.97 Å². The van der Waals surface area contributed by atoms with Crippen LogP contribution in [0.2, 0.25) is 5.15 Å². The van der Waals surface area contributed by atoms with Crippen LogP contribution in [0, 0.1) is 6.92 Å². The molecule has 4 nitrogen and oxygen atoms in total. The van der Waals surface area contributed by atoms with Crippen molar-refractivity contribution >= 4 is 17.4 Å². The molecule has 0 aliphatic heterocycles. The molecule has 0 aromatic carbocycles. The molecule has 0 bridgehead atoms. The van der Waals surface area contributed by atoms with Crippen LogP contribution >= 0.6 is 11.6 Å². The number of aromatic nitrogens is 2. The molecular weight excluding hydrogens is 250 g/mol. The maximum atomic E-state index is 9.98. The number of hydrogen-bond donors (Lipinski definition) is 2. The van der Waals surface area contributed by atoms with Crippen molar-refractivity contribution < 1.29 is 5.11 Å². The average molecular weight is 272 g/mol. The summed E-state index contributed by atoms with van der Waals surface area (Å²) >= 11 is 6.09. The zero-order valence-electron chi connectivity index (χ0n) is 11.7. The first-order valence-corrected chi connectivity index (χ1v) is 6.65. The summed E-state index contributed by atoms with van der Waals surface area (Å²) in [7, 11) is 0. The Labute approximate surface area is 114 Å². The van der Waals surface area contributed by atoms with E-state index in [1.165, 1.54) is 0 Å². The van der Waals surface area contributed by atoms with Crippen molar-refractivity contribution in [2.45, 2.75) is 52.6 Å². The molecule has 0 saturated carbocycles. The standard InChI is InChI=1S/C13H22ClN3O/c1-6-13(5,18)7-15-12-9(4)10(14)16-11(17-12)8(2)3/h8,18H,6-7H2,1-5H3,(H,15,16,17). The highest BCUT2D eigenvalue weighted by Gasteiger charge is 2.19. The second-order valence-electron chi connectivity index (χ2n) is 5.20. The van der Waals surface area contributed by atoms with Crippen molar-refractivity contribution in [3.8, 4) is 0 Å². The van der Waals surface area contributed by atoms with Crippen molar-refractivity contribution in [1.29, 1.82) is 0 Å². The van der Waals surface area contributed by atoms with Gasteiger partial charge < -0.3 is 10.4 Å². The first-order chi connectivity index (χ1) is 8.26. The Bertz CT molecular complexity index is 419. The Kier molecular flexibility index (Phi) is 4.93. The van der Waals surface area contributed by atoms with Crippen LogP contribution in [0.15, 0.2) is 0 Å². The molecule has 2 N–H and O–H groups in total. The Balaban J connectivity index is 2.94. The molecule has 0 spiro atoms. The minimum atomic E-state index is -0.748. The molecule has 102 valence electrons. The topological polar surface area (TPSA) is 58.0 Å². The van der Waals surface area contributed by atoms with Gasteiger partial charge in [0.05, 0.1) is 5.60 Å². The van der Waals surface area contributed by atoms with Crippen molar-refractivity contribution in [2.24, 2.45) is 0 Å². The van der Waals surface area contributed by atoms with Gasteiger partial charge in [-0.25, -0.2) is 9.97 Å². The highest BCUT2D eigenvalue weighted by molar-refractivity contribution is 6.30. The van der Waals surface area contributed by atoms with Gasteiger partial charge in [0, 0.05) is 18.0 Å². The van der Waals surface area contributed by atoms with E-state index in [0.29, 0.717) is 29.8 Å². The fraction of sp³-hybridized carbons (Fsp3) is 0.692. The lowest BCUT2D eigenvalue weighted by atomic mass is 10.0. The zero-order chi connectivity index (χ0) is 13.9. The molecule has 1 heterocycles. The molecule has 1 atom stereocenters. The Hall–Kier alpha value is -0.870. The predicted molar refractivity (Wildman–Crippen MR) is 75.3 cm³/mol. The smallest absolute Gasteiger partial charge is 0.137 e. The summed E-state index contributed by atoms with van der Waals surface area (Å²) in [5.41, 5.74) is 0.0648. The number of hydrogen-bond acceptors (Lipinski definition) is 4. The minimum absolute atomic E-state index is 0.218. The second kappa shape index (κ2) is 5.85. The van der Waals surface area contributed by atoms with Crippen molar-refractivity contribution in [3.05, 3.63) is 16.5 Å². The van der Waals surface area contributed by atoms with E-state index in [1.807, 2.05) is 27.7 Å². The van der Waals surface area contributed by atoms with E-state index in [4.69, 9.17) is 11.6 Å². The summed E-state index contributed by atoms with van der Waals surface area (Å²) < 4.78 is 0. The molecule has 18 heavy (non-hydrogen) atoms. The molecule has 0 radical (unpaired) electrons. The Morgan fingerprint density at radius 3 is 2.50 bits per heavy atom. The third-order valence-electron chi connectivity index (χ3n) is 3.02. The van der Waals surface area contributed by atoms with E-state index in [1.54, 1.807) is 6.92 Å². The fourth-order valence-electron chi connectivity index (χ4n) is 1.33. The van der Waals surface area contributed by atoms with Gasteiger partial charge in [-0.3, -0.25) is 0 Å². The largest absolute Gasteiger partial charge is 0.388 e. The SMILES string of the molecule is CCC(C)(O)CNc1nc(C(C)C)nc(Cl)c1C. The number of nitrogens with one attached hydrogen (secondary N) is 1. The maximum Gasteiger partial charge on any atom is 0.137 e. The summed E-state index contributed by atoms with van der Waals surface area (Å²) in [6.45, 7) is 10.1. The summed E-state index contributed by atoms with van der Waals surface area (Å²) in [5, 5.41) is 13.6. The summed E-state index contributed by atoms with van der Waals surface area (Å²) in [6, 6.07) is 0. The van der Waals surface area contributed by atoms with Crippen LogP contribution in [0.1, 0.15) is 51.4 Å². The van der Waals surface area contributed by atoms with E-state index in [-0.39, 0.29) is 5.92 Å². The lowest BCUT2D eigenvalue weighted by molar-refractivity contribution is 0.0696. The second-order valence-corrected chi connectivity index (χ2v) is 5.56. The van der Waals surface area contributed by atoms with Gasteiger partial charge in [0.15, 0.2) is 0 Å². The van der Waals surface area contributed by atoms with E-state index in [9.17, 15) is 5.11 Å². The van der Waals surface area contributed by atoms with E-state index < -0.39 is 5.60 Å². The minimum Gasteiger partial charge on any atom is -0.388 e. The van der Waals surface area contributed by atoms with Crippen LogP contribution in [0.5, 0.6) is 0 Å². The first-order valence-electron chi connectivity index (χ1n) is 6.27. The zero-order valence-corrected chi connectivity index (χ0v) is 12.5. The van der Waals surface area contributed by atoms with Crippen LogP contribution in [0.25, 0.3) is 0 Å². The van der Waals surface area contributed by atoms with Crippen molar-refractivity contribution in [2.75, 3.05) is 11.9 Å². The quantitative estimate of drug-likeness (QED) is 0.808. The van der Waals surface area contributed by atoms with Crippen molar-refractivity contribution in [3.63, 3.8) is 0 Å². The van der Waals surface area contributed by atoms with Gasteiger partial charge >= 0.3 is 0 Å². The van der Waals surface area contributed by atoms with Gasteiger partial charge in [-0.1, -0.05) is 32.4 Å². The predicted octanol–water partition coefficient (Wildman–Crippen LogP) is 3.13. The van der Waals surface area contributed by atoms with E-state index in [2.05, 4.69) is 15.3 Å². The normalized spacial score (nSPS) is 14.7. The summed E-state index contributed by atoms with van der Waals surface area (Å²) in [6.07, 6.45) is 0.675. The molecular formula is C13H22ClN3O. The van der Waals surface area contributed by atoms with E-state index in [0.717, 1.165) is 5.56 Å². The van der Waals surface area contributed by atoms with Gasteiger partial charge in [-0.15, -0.1) is 0 Å². The van der Waals surface area contributed by atoms with Gasteiger partial charge in [0.2, 0.25) is 0 Å². The van der Waals surface area contributed by atoms with Gasteiger partial charge in [0.1, 0.15) is 16.8 Å². The molecule has 0 saturated heterocycles. The van der Waals surface area contributed by atoms with E-state index >= 15 is 0 Å². The lowest BCUT2D eigenvalue weighted by Crippen LogP contribution is -2.33. The first kappa shape index (κ1) is 15.2. The van der Waals surface area contributed by atoms with Gasteiger partial charge in [-0.2, -0.15) is 0 Å². The molecule has 1 unspecified atom stereocenters. The molecule has 0 fully saturated rings. The molecule has 0 aliphatic carbocycles. The van der Waals surface area contributed by atoms with Gasteiger partial charge in [-0.05, 0) is 20.3 Å². The molecule has 0 amide bonds. The average Bonchev–Trinajstić information content (AvgIpc) is 2.30. The highest BCUT2D eigenvalue weighted by Crippen LogP contribution is 2.23. The van der Waals surface area contributed by atoms with Crippen LogP contribution in [-0.2, 0) is 0 Å². The van der Waals surface area contributed by atoms with Crippen LogP contribution < -0.4 is 5.32 Å². The highest BCUT2D eigenvalue weighted by atomic mass is 35.5. The molecule has 1 aromatic heterocycles.